The van der Waals surface area contributed by atoms with Crippen LogP contribution in [0.3, 0.4) is 0 Å². The number of hydrogen-bond donors (Lipinski definition) is 1. The lowest BCUT2D eigenvalue weighted by Crippen LogP contribution is -2.28. The van der Waals surface area contributed by atoms with Crippen molar-refractivity contribution in [1.82, 2.24) is 0 Å². The summed E-state index contributed by atoms with van der Waals surface area (Å²) in [5.41, 5.74) is 9.76. The fourth-order valence-corrected chi connectivity index (χ4v) is 3.45. The second kappa shape index (κ2) is 5.48. The first-order chi connectivity index (χ1) is 9.76. The first-order valence-electron chi connectivity index (χ1n) is 6.52. The largest absolute Gasteiger partial charge is 0.399 e. The summed E-state index contributed by atoms with van der Waals surface area (Å²) >= 11 is 1.87. The van der Waals surface area contributed by atoms with E-state index in [1.807, 2.05) is 42.1 Å². The molecule has 0 aromatic heterocycles. The summed E-state index contributed by atoms with van der Waals surface area (Å²) in [4.78, 5) is 3.61. The number of anilines is 2. The molecular weight excluding hydrogens is 266 g/mol. The third-order valence-corrected chi connectivity index (χ3v) is 4.41. The Hall–Kier alpha value is -2.12. The second-order valence-electron chi connectivity index (χ2n) is 4.81. The third kappa shape index (κ3) is 2.59. The van der Waals surface area contributed by atoms with E-state index in [0.29, 0.717) is 5.56 Å². The maximum atomic E-state index is 8.98. The van der Waals surface area contributed by atoms with Crippen LogP contribution in [-0.4, -0.2) is 12.3 Å². The third-order valence-electron chi connectivity index (χ3n) is 3.37. The molecule has 0 saturated carbocycles. The van der Waals surface area contributed by atoms with Gasteiger partial charge in [0.05, 0.1) is 17.3 Å². The molecule has 2 aromatic rings. The Labute approximate surface area is 123 Å². The van der Waals surface area contributed by atoms with Gasteiger partial charge in [-0.3, -0.25) is 0 Å². The minimum absolute atomic E-state index is 0.710. The van der Waals surface area contributed by atoms with Gasteiger partial charge in [0.2, 0.25) is 0 Å². The Morgan fingerprint density at radius 3 is 3.00 bits per heavy atom. The summed E-state index contributed by atoms with van der Waals surface area (Å²) in [5, 5.41) is 8.98. The van der Waals surface area contributed by atoms with Crippen LogP contribution in [0.2, 0.25) is 0 Å². The quantitative estimate of drug-likeness (QED) is 0.859. The summed E-state index contributed by atoms with van der Waals surface area (Å²) < 4.78 is 0. The molecule has 1 aliphatic heterocycles. The molecule has 0 radical (unpaired) electrons. The first kappa shape index (κ1) is 12.9. The van der Waals surface area contributed by atoms with Crippen LogP contribution in [0.5, 0.6) is 0 Å². The highest BCUT2D eigenvalue weighted by molar-refractivity contribution is 7.99. The lowest BCUT2D eigenvalue weighted by molar-refractivity contribution is 0.817. The van der Waals surface area contributed by atoms with Gasteiger partial charge >= 0.3 is 0 Å². The average molecular weight is 281 g/mol. The number of benzene rings is 2. The van der Waals surface area contributed by atoms with E-state index in [9.17, 15) is 0 Å². The van der Waals surface area contributed by atoms with Gasteiger partial charge in [0.15, 0.2) is 0 Å². The Bertz CT molecular complexity index is 676. The highest BCUT2D eigenvalue weighted by Gasteiger charge is 2.17. The monoisotopic (exact) mass is 281 g/mol. The van der Waals surface area contributed by atoms with E-state index in [2.05, 4.69) is 23.1 Å². The minimum Gasteiger partial charge on any atom is -0.399 e. The molecule has 2 N–H and O–H groups in total. The molecule has 0 aliphatic carbocycles. The number of nitrogens with two attached hydrogens (primary N) is 1. The van der Waals surface area contributed by atoms with Crippen LogP contribution in [0.4, 0.5) is 11.4 Å². The van der Waals surface area contributed by atoms with Crippen molar-refractivity contribution < 1.29 is 0 Å². The molecular formula is C16H15N3S. The summed E-state index contributed by atoms with van der Waals surface area (Å²) in [6, 6.07) is 16.1. The number of nitrogen functional groups attached to an aromatic ring is 1. The highest BCUT2D eigenvalue weighted by Crippen LogP contribution is 2.36. The van der Waals surface area contributed by atoms with Gasteiger partial charge in [-0.1, -0.05) is 12.1 Å². The predicted octanol–water partition coefficient (Wildman–Crippen LogP) is 3.25. The molecule has 3 rings (SSSR count). The van der Waals surface area contributed by atoms with Crippen molar-refractivity contribution in [3.63, 3.8) is 0 Å². The molecule has 0 atom stereocenters. The van der Waals surface area contributed by atoms with E-state index in [-0.39, 0.29) is 0 Å². The van der Waals surface area contributed by atoms with Gasteiger partial charge in [0, 0.05) is 29.4 Å². The number of hydrogen-bond acceptors (Lipinski definition) is 4. The first-order valence-corrected chi connectivity index (χ1v) is 7.51. The Balaban J connectivity index is 1.89. The van der Waals surface area contributed by atoms with E-state index >= 15 is 0 Å². The summed E-state index contributed by atoms with van der Waals surface area (Å²) in [6.07, 6.45) is 0. The van der Waals surface area contributed by atoms with Crippen molar-refractivity contribution in [3.8, 4) is 6.07 Å². The van der Waals surface area contributed by atoms with E-state index < -0.39 is 0 Å². The zero-order valence-electron chi connectivity index (χ0n) is 11.0. The molecule has 0 unspecified atom stereocenters. The normalized spacial score (nSPS) is 13.7. The second-order valence-corrected chi connectivity index (χ2v) is 5.95. The Morgan fingerprint density at radius 1 is 1.25 bits per heavy atom. The fraction of sp³-hybridized carbons (Fsp3) is 0.188. The van der Waals surface area contributed by atoms with Gasteiger partial charge in [-0.15, -0.1) is 11.8 Å². The molecule has 100 valence electrons. The van der Waals surface area contributed by atoms with Crippen LogP contribution in [-0.2, 0) is 6.54 Å². The predicted molar refractivity (Wildman–Crippen MR) is 83.8 cm³/mol. The number of fused-ring (bicyclic) bond motifs is 1. The van der Waals surface area contributed by atoms with Gasteiger partial charge in [0.1, 0.15) is 0 Å². The van der Waals surface area contributed by atoms with Crippen LogP contribution < -0.4 is 10.6 Å². The molecule has 2 aromatic carbocycles. The van der Waals surface area contributed by atoms with Crippen LogP contribution >= 0.6 is 11.8 Å². The zero-order chi connectivity index (χ0) is 13.9. The van der Waals surface area contributed by atoms with Gasteiger partial charge in [-0.25, -0.2) is 0 Å². The zero-order valence-corrected chi connectivity index (χ0v) is 11.9. The maximum absolute atomic E-state index is 8.98. The van der Waals surface area contributed by atoms with Crippen LogP contribution in [0, 0.1) is 11.3 Å². The highest BCUT2D eigenvalue weighted by atomic mass is 32.2. The lowest BCUT2D eigenvalue weighted by Gasteiger charge is -2.31. The molecule has 20 heavy (non-hydrogen) atoms. The molecule has 0 bridgehead atoms. The van der Waals surface area contributed by atoms with E-state index in [4.69, 9.17) is 11.0 Å². The summed E-state index contributed by atoms with van der Waals surface area (Å²) in [5.74, 6) is 1.08. The van der Waals surface area contributed by atoms with Crippen molar-refractivity contribution in [3.05, 3.63) is 53.6 Å². The van der Waals surface area contributed by atoms with E-state index in [0.717, 1.165) is 30.1 Å². The molecule has 3 nitrogen and oxygen atoms in total. The van der Waals surface area contributed by atoms with Crippen molar-refractivity contribution in [2.45, 2.75) is 11.4 Å². The number of nitriles is 1. The van der Waals surface area contributed by atoms with Crippen molar-refractivity contribution in [1.29, 1.82) is 5.26 Å². The molecule has 4 heteroatoms. The molecule has 0 spiro atoms. The Morgan fingerprint density at radius 2 is 2.15 bits per heavy atom. The van der Waals surface area contributed by atoms with Crippen molar-refractivity contribution in [2.24, 2.45) is 0 Å². The smallest absolute Gasteiger partial charge is 0.0991 e. The van der Waals surface area contributed by atoms with Gasteiger partial charge < -0.3 is 10.6 Å². The minimum atomic E-state index is 0.710. The molecule has 1 heterocycles. The molecule has 0 amide bonds. The summed E-state index contributed by atoms with van der Waals surface area (Å²) in [6.45, 7) is 1.81. The van der Waals surface area contributed by atoms with Crippen LogP contribution in [0.15, 0.2) is 47.4 Å². The van der Waals surface area contributed by atoms with Crippen molar-refractivity contribution in [2.75, 3.05) is 22.9 Å². The number of rotatable bonds is 2. The van der Waals surface area contributed by atoms with Crippen LogP contribution in [0.25, 0.3) is 0 Å². The van der Waals surface area contributed by atoms with Gasteiger partial charge in [0.25, 0.3) is 0 Å². The summed E-state index contributed by atoms with van der Waals surface area (Å²) in [7, 11) is 0. The fourth-order valence-electron chi connectivity index (χ4n) is 2.41. The molecule has 0 saturated heterocycles. The van der Waals surface area contributed by atoms with E-state index in [1.165, 1.54) is 10.6 Å². The molecule has 0 fully saturated rings. The van der Waals surface area contributed by atoms with Crippen molar-refractivity contribution >= 4 is 23.1 Å². The maximum Gasteiger partial charge on any atom is 0.0991 e. The van der Waals surface area contributed by atoms with Crippen LogP contribution in [0.1, 0.15) is 11.1 Å². The topological polar surface area (TPSA) is 53.0 Å². The Kier molecular flexibility index (Phi) is 3.53. The average Bonchev–Trinajstić information content (AvgIpc) is 2.48. The van der Waals surface area contributed by atoms with E-state index in [1.54, 1.807) is 0 Å². The molecule has 1 aliphatic rings. The standard InChI is InChI=1S/C16H15N3S/c17-10-12-2-1-3-13(8-12)11-19-6-7-20-16-5-4-14(18)9-15(16)19/h1-5,8-9H,6-7,11,18H2. The van der Waals surface area contributed by atoms with Gasteiger partial charge in [-0.05, 0) is 35.9 Å². The van der Waals surface area contributed by atoms with Gasteiger partial charge in [-0.2, -0.15) is 5.26 Å². The SMILES string of the molecule is N#Cc1cccc(CN2CCSc3ccc(N)cc32)c1. The lowest BCUT2D eigenvalue weighted by atomic mass is 10.1. The number of nitrogens with zero attached hydrogens (tertiary/aromatic N) is 2. The number of thioether (sulfide) groups is 1.